The van der Waals surface area contributed by atoms with Gasteiger partial charge in [-0.05, 0) is 6.42 Å². The van der Waals surface area contributed by atoms with Crippen LogP contribution in [0.2, 0.25) is 0 Å². The van der Waals surface area contributed by atoms with Gasteiger partial charge in [0, 0.05) is 40.5 Å². The molecule has 0 radical (unpaired) electrons. The van der Waals surface area contributed by atoms with E-state index in [4.69, 9.17) is 4.99 Å². The van der Waals surface area contributed by atoms with Crippen LogP contribution in [0.4, 0.5) is 0 Å². The Bertz CT molecular complexity index is 538. The highest BCUT2D eigenvalue weighted by molar-refractivity contribution is 7.84. The third kappa shape index (κ3) is 8.78. The van der Waals surface area contributed by atoms with Crippen LogP contribution in [0.1, 0.15) is 45.2 Å². The Labute approximate surface area is 150 Å². The number of benzene rings is 2. The fourth-order valence-corrected chi connectivity index (χ4v) is 2.54. The minimum absolute atomic E-state index is 0.707. The van der Waals surface area contributed by atoms with E-state index in [9.17, 15) is 4.21 Å². The molecule has 0 saturated heterocycles. The van der Waals surface area contributed by atoms with E-state index in [-0.39, 0.29) is 0 Å². The van der Waals surface area contributed by atoms with Gasteiger partial charge in [0.05, 0.1) is 5.71 Å². The van der Waals surface area contributed by atoms with Crippen LogP contribution in [0.15, 0.2) is 65.7 Å². The predicted molar refractivity (Wildman–Crippen MR) is 110 cm³/mol. The maximum atomic E-state index is 11.1. The summed E-state index contributed by atoms with van der Waals surface area (Å²) in [6.45, 7) is 8.71. The van der Waals surface area contributed by atoms with Gasteiger partial charge in [0.1, 0.15) is 0 Å². The van der Waals surface area contributed by atoms with E-state index in [2.05, 4.69) is 24.3 Å². The smallest absolute Gasteiger partial charge is 0.0718 e. The van der Waals surface area contributed by atoms with E-state index in [1.165, 1.54) is 0 Å². The molecule has 0 aromatic heterocycles. The lowest BCUT2D eigenvalue weighted by Gasteiger charge is -2.07. The highest BCUT2D eigenvalue weighted by Gasteiger charge is 2.05. The van der Waals surface area contributed by atoms with Crippen LogP contribution in [0.25, 0.3) is 0 Å². The van der Waals surface area contributed by atoms with Crippen molar-refractivity contribution in [2.24, 2.45) is 4.99 Å². The first-order chi connectivity index (χ1) is 11.8. The van der Waals surface area contributed by atoms with Crippen LogP contribution < -0.4 is 0 Å². The van der Waals surface area contributed by atoms with Crippen LogP contribution in [-0.2, 0) is 10.8 Å². The molecular weight excluding hydrogens is 314 g/mol. The van der Waals surface area contributed by atoms with E-state index in [1.807, 2.05) is 64.1 Å². The van der Waals surface area contributed by atoms with Crippen molar-refractivity contribution in [3.05, 3.63) is 71.8 Å². The van der Waals surface area contributed by atoms with E-state index >= 15 is 0 Å². The van der Waals surface area contributed by atoms with Gasteiger partial charge in [-0.2, -0.15) is 0 Å². The van der Waals surface area contributed by atoms with Crippen molar-refractivity contribution < 1.29 is 4.21 Å². The van der Waals surface area contributed by atoms with Crippen molar-refractivity contribution in [1.29, 1.82) is 0 Å². The fourth-order valence-electron chi connectivity index (χ4n) is 2.00. The topological polar surface area (TPSA) is 29.4 Å². The molecule has 3 heteroatoms. The summed E-state index contributed by atoms with van der Waals surface area (Å²) in [5.74, 6) is 0.709. The molecule has 2 aromatic carbocycles. The summed E-state index contributed by atoms with van der Waals surface area (Å²) in [6.07, 6.45) is 2.59. The molecule has 0 aliphatic heterocycles. The SMILES string of the molecule is CC.CC.CS(=O)CCCN=C(c1ccccc1)c1ccccc1. The molecule has 0 heterocycles. The van der Waals surface area contributed by atoms with E-state index in [1.54, 1.807) is 6.26 Å². The largest absolute Gasteiger partial charge is 0.284 e. The van der Waals surface area contributed by atoms with Crippen molar-refractivity contribution in [3.63, 3.8) is 0 Å². The monoisotopic (exact) mass is 345 g/mol. The van der Waals surface area contributed by atoms with Crippen molar-refractivity contribution in [1.82, 2.24) is 0 Å². The van der Waals surface area contributed by atoms with E-state index in [0.717, 1.165) is 23.3 Å². The summed E-state index contributed by atoms with van der Waals surface area (Å²) in [5.41, 5.74) is 3.25. The summed E-state index contributed by atoms with van der Waals surface area (Å²) >= 11 is 0. The zero-order chi connectivity index (χ0) is 18.2. The molecule has 0 spiro atoms. The molecule has 2 rings (SSSR count). The molecular formula is C21H31NOS. The molecule has 24 heavy (non-hydrogen) atoms. The molecule has 0 fully saturated rings. The lowest BCUT2D eigenvalue weighted by atomic mass is 10.0. The van der Waals surface area contributed by atoms with Gasteiger partial charge in [0.2, 0.25) is 0 Å². The molecule has 0 aliphatic rings. The van der Waals surface area contributed by atoms with Crippen molar-refractivity contribution in [2.45, 2.75) is 34.1 Å². The van der Waals surface area contributed by atoms with E-state index < -0.39 is 10.8 Å². The summed E-state index contributed by atoms with van der Waals surface area (Å²) in [7, 11) is -0.739. The number of hydrogen-bond donors (Lipinski definition) is 0. The van der Waals surface area contributed by atoms with E-state index in [0.29, 0.717) is 12.3 Å². The average molecular weight is 346 g/mol. The molecule has 0 bridgehead atoms. The van der Waals surface area contributed by atoms with Crippen LogP contribution >= 0.6 is 0 Å². The van der Waals surface area contributed by atoms with Gasteiger partial charge in [-0.1, -0.05) is 88.4 Å². The van der Waals surface area contributed by atoms with Gasteiger partial charge in [0.25, 0.3) is 0 Å². The van der Waals surface area contributed by atoms with Crippen molar-refractivity contribution >= 4 is 16.5 Å². The van der Waals surface area contributed by atoms with Gasteiger partial charge < -0.3 is 0 Å². The number of hydrogen-bond acceptors (Lipinski definition) is 2. The molecule has 132 valence electrons. The molecule has 1 unspecified atom stereocenters. The Balaban J connectivity index is 0.00000123. The molecule has 2 aromatic rings. The third-order valence-electron chi connectivity index (χ3n) is 2.95. The summed E-state index contributed by atoms with van der Waals surface area (Å²) < 4.78 is 11.1. The molecule has 0 N–H and O–H groups in total. The number of nitrogens with zero attached hydrogens (tertiary/aromatic N) is 1. The molecule has 0 aliphatic carbocycles. The molecule has 0 saturated carbocycles. The highest BCUT2D eigenvalue weighted by atomic mass is 32.2. The molecule has 2 nitrogen and oxygen atoms in total. The van der Waals surface area contributed by atoms with Gasteiger partial charge in [-0.15, -0.1) is 0 Å². The average Bonchev–Trinajstić information content (AvgIpc) is 2.66. The zero-order valence-corrected chi connectivity index (χ0v) is 16.5. The Morgan fingerprint density at radius 2 is 1.25 bits per heavy atom. The summed E-state index contributed by atoms with van der Waals surface area (Å²) in [5, 5.41) is 0. The zero-order valence-electron chi connectivity index (χ0n) is 15.7. The normalized spacial score (nSPS) is 10.4. The van der Waals surface area contributed by atoms with Gasteiger partial charge in [-0.3, -0.25) is 9.20 Å². The van der Waals surface area contributed by atoms with Gasteiger partial charge in [0.15, 0.2) is 0 Å². The maximum absolute atomic E-state index is 11.1. The Hall–Kier alpha value is -1.74. The maximum Gasteiger partial charge on any atom is 0.0718 e. The van der Waals surface area contributed by atoms with Gasteiger partial charge in [-0.25, -0.2) is 0 Å². The molecule has 1 atom stereocenters. The minimum Gasteiger partial charge on any atom is -0.284 e. The lowest BCUT2D eigenvalue weighted by Crippen LogP contribution is -2.05. The minimum atomic E-state index is -0.739. The predicted octanol–water partition coefficient (Wildman–Crippen LogP) is 5.35. The quantitative estimate of drug-likeness (QED) is 0.513. The highest BCUT2D eigenvalue weighted by Crippen LogP contribution is 2.11. The van der Waals surface area contributed by atoms with Crippen LogP contribution in [0.5, 0.6) is 0 Å². The Morgan fingerprint density at radius 3 is 1.62 bits per heavy atom. The first kappa shape index (κ1) is 22.3. The molecule has 0 amide bonds. The summed E-state index contributed by atoms with van der Waals surface area (Å²) in [4.78, 5) is 4.72. The lowest BCUT2D eigenvalue weighted by molar-refractivity contribution is 0.684. The van der Waals surface area contributed by atoms with Crippen molar-refractivity contribution in [3.8, 4) is 0 Å². The summed E-state index contributed by atoms with van der Waals surface area (Å²) in [6, 6.07) is 20.4. The van der Waals surface area contributed by atoms with Crippen molar-refractivity contribution in [2.75, 3.05) is 18.6 Å². The fraction of sp³-hybridized carbons (Fsp3) is 0.381. The first-order valence-corrected chi connectivity index (χ1v) is 10.5. The Morgan fingerprint density at radius 1 is 0.833 bits per heavy atom. The van der Waals surface area contributed by atoms with Crippen LogP contribution in [0, 0.1) is 0 Å². The second kappa shape index (κ2) is 14.8. The van der Waals surface area contributed by atoms with Gasteiger partial charge >= 0.3 is 0 Å². The third-order valence-corrected chi connectivity index (χ3v) is 3.82. The second-order valence-corrected chi connectivity index (χ2v) is 6.15. The Kier molecular flexibility index (Phi) is 13.8. The van der Waals surface area contributed by atoms with Crippen LogP contribution in [0.3, 0.4) is 0 Å². The second-order valence-electron chi connectivity index (χ2n) is 4.59. The number of aliphatic imine (C=N–C) groups is 1. The first-order valence-electron chi connectivity index (χ1n) is 8.72. The standard InChI is InChI=1S/C17H19NOS.2C2H6/c1-20(19)14-8-13-18-17(15-9-4-2-5-10-15)16-11-6-3-7-12-16;2*1-2/h2-7,9-12H,8,13-14H2,1H3;2*1-2H3. The number of rotatable bonds is 6. The van der Waals surface area contributed by atoms with Crippen LogP contribution in [-0.4, -0.2) is 28.5 Å².